The number of carboxylic acids is 4. The van der Waals surface area contributed by atoms with Crippen LogP contribution >= 0.6 is 24.4 Å². The van der Waals surface area contributed by atoms with Gasteiger partial charge in [-0.15, -0.1) is 0 Å². The monoisotopic (exact) mass is 754 g/mol. The summed E-state index contributed by atoms with van der Waals surface area (Å²) in [6.45, 7) is 0. The quantitative estimate of drug-likeness (QED) is 0.0733. The van der Waals surface area contributed by atoms with Crippen LogP contribution in [-0.2, 0) is 19.5 Å². The molecule has 0 aliphatic carbocycles. The molecule has 0 saturated carbocycles. The number of aromatic nitrogens is 4. The number of fused-ring (bicyclic) bond motifs is 6. The first-order valence-corrected chi connectivity index (χ1v) is 13.1. The largest absolute Gasteiger partial charge is 2.00 e. The van der Waals surface area contributed by atoms with Gasteiger partial charge >= 0.3 is 43.4 Å². The van der Waals surface area contributed by atoms with E-state index in [2.05, 4.69) is 44.4 Å². The van der Waals surface area contributed by atoms with Crippen molar-refractivity contribution >= 4 is 102 Å². The van der Waals surface area contributed by atoms with E-state index in [1.165, 1.54) is 59.4 Å². The molecule has 4 N–H and O–H groups in total. The molecule has 0 saturated heterocycles. The van der Waals surface area contributed by atoms with Gasteiger partial charge in [0.15, 0.2) is 0 Å². The minimum Gasteiger partial charge on any atom is -0.753 e. The Morgan fingerprint density at radius 2 is 0.638 bits per heavy atom. The molecule has 4 aromatic heterocycles. The average molecular weight is 754 g/mol. The summed E-state index contributed by atoms with van der Waals surface area (Å²) in [5, 5.41) is 55.3. The standard InChI is InChI=1S/2C14H8N2O4.2CNS.Ru/c2*17-13(18)9-3-5-15-11-7(9)1-2-8-10(14(19)20)4-6-16-12(8)11;2*2-1-3;/h2*1-6H,(H,17,18)(H,19,20);;;/q;;2*-1;+2. The number of rotatable bonds is 4. The number of benzene rings is 2. The van der Waals surface area contributed by atoms with Crippen molar-refractivity contribution in [1.29, 1.82) is 0 Å². The fourth-order valence-corrected chi connectivity index (χ4v) is 4.40. The maximum atomic E-state index is 11.2. The molecule has 0 fully saturated rings. The number of carbonyl (C=O) groups is 4. The van der Waals surface area contributed by atoms with Gasteiger partial charge in [0.2, 0.25) is 0 Å². The number of hydrogen-bond donors (Lipinski definition) is 4. The molecule has 0 bridgehead atoms. The van der Waals surface area contributed by atoms with Gasteiger partial charge in [0, 0.05) is 46.3 Å². The number of nitrogens with zero attached hydrogens (tertiary/aromatic N) is 6. The number of thiocarbonyl (C=S) groups is 2. The van der Waals surface area contributed by atoms with Gasteiger partial charge in [-0.2, -0.15) is 10.3 Å². The van der Waals surface area contributed by atoms with Crippen molar-refractivity contribution in [3.63, 3.8) is 0 Å². The second-order valence-electron chi connectivity index (χ2n) is 8.55. The van der Waals surface area contributed by atoms with Crippen molar-refractivity contribution in [3.8, 4) is 0 Å². The van der Waals surface area contributed by atoms with E-state index in [0.717, 1.165) is 0 Å². The molecule has 6 aromatic rings. The van der Waals surface area contributed by atoms with Crippen LogP contribution < -0.4 is 0 Å². The molecular formula is C30H16N6O8RuS2. The van der Waals surface area contributed by atoms with Crippen LogP contribution in [0.4, 0.5) is 0 Å². The van der Waals surface area contributed by atoms with E-state index in [1.807, 2.05) is 0 Å². The van der Waals surface area contributed by atoms with E-state index >= 15 is 0 Å². The SMILES string of the molecule is O=C(O)c1ccnc2c1ccc1c(C(=O)O)ccnc12.O=C(O)c1ccnc2c1ccc1c(C(=O)O)ccnc12.[N-]=C=S.[N-]=C=S.[Ru+2]. The first-order chi connectivity index (χ1) is 22.0. The first-order valence-electron chi connectivity index (χ1n) is 12.3. The van der Waals surface area contributed by atoms with Gasteiger partial charge in [-0.05, 0) is 24.3 Å². The number of hydrogen-bond acceptors (Lipinski definition) is 10. The maximum absolute atomic E-state index is 11.2. The van der Waals surface area contributed by atoms with Gasteiger partial charge < -0.3 is 31.2 Å². The van der Waals surface area contributed by atoms with Crippen LogP contribution in [-0.4, -0.2) is 74.6 Å². The van der Waals surface area contributed by atoms with Crippen molar-refractivity contribution in [2.45, 2.75) is 0 Å². The molecule has 2 aromatic carbocycles. The number of isothiocyanates is 2. The van der Waals surface area contributed by atoms with E-state index in [9.17, 15) is 19.2 Å². The third kappa shape index (κ3) is 8.27. The molecule has 6 rings (SSSR count). The van der Waals surface area contributed by atoms with Crippen molar-refractivity contribution in [3.05, 3.63) is 106 Å². The first kappa shape index (κ1) is 37.4. The van der Waals surface area contributed by atoms with Gasteiger partial charge in [-0.25, -0.2) is 19.2 Å². The molecule has 17 heteroatoms. The van der Waals surface area contributed by atoms with Crippen molar-refractivity contribution in [2.75, 3.05) is 0 Å². The molecule has 4 heterocycles. The van der Waals surface area contributed by atoms with Crippen molar-refractivity contribution in [2.24, 2.45) is 0 Å². The summed E-state index contributed by atoms with van der Waals surface area (Å²) in [6.07, 6.45) is 5.50. The Morgan fingerprint density at radius 1 is 0.468 bits per heavy atom. The molecule has 0 unspecified atom stereocenters. The van der Waals surface area contributed by atoms with E-state index in [4.69, 9.17) is 31.2 Å². The summed E-state index contributed by atoms with van der Waals surface area (Å²) in [6, 6.07) is 11.8. The van der Waals surface area contributed by atoms with Crippen LogP contribution in [0.5, 0.6) is 0 Å². The Kier molecular flexibility index (Phi) is 13.5. The van der Waals surface area contributed by atoms with Crippen molar-refractivity contribution < 1.29 is 59.1 Å². The zero-order valence-corrected chi connectivity index (χ0v) is 26.6. The van der Waals surface area contributed by atoms with Gasteiger partial charge in [-0.1, -0.05) is 48.7 Å². The number of carboxylic acid groups (broad SMARTS) is 4. The predicted molar refractivity (Wildman–Crippen MR) is 174 cm³/mol. The molecule has 14 nitrogen and oxygen atoms in total. The van der Waals surface area contributed by atoms with Crippen LogP contribution in [0.15, 0.2) is 73.3 Å². The summed E-state index contributed by atoms with van der Waals surface area (Å²) in [5.41, 5.74) is 1.96. The molecule has 0 aliphatic heterocycles. The van der Waals surface area contributed by atoms with Crippen molar-refractivity contribution in [1.82, 2.24) is 19.9 Å². The van der Waals surface area contributed by atoms with E-state index in [1.54, 1.807) is 24.3 Å². The van der Waals surface area contributed by atoms with Crippen LogP contribution in [0.2, 0.25) is 0 Å². The van der Waals surface area contributed by atoms with Crippen LogP contribution in [0.25, 0.3) is 54.4 Å². The molecule has 0 aliphatic rings. The topological polar surface area (TPSA) is 245 Å². The third-order valence-corrected chi connectivity index (χ3v) is 6.16. The Hall–Kier alpha value is -5.82. The minimum absolute atomic E-state index is 0. The predicted octanol–water partition coefficient (Wildman–Crippen LogP) is 5.67. The Labute approximate surface area is 286 Å². The summed E-state index contributed by atoms with van der Waals surface area (Å²) >= 11 is 7.40. The molecule has 0 atom stereocenters. The summed E-state index contributed by atoms with van der Waals surface area (Å²) < 4.78 is 0. The normalized spacial score (nSPS) is 9.53. The van der Waals surface area contributed by atoms with Gasteiger partial charge in [0.25, 0.3) is 0 Å². The Morgan fingerprint density at radius 3 is 0.787 bits per heavy atom. The zero-order valence-electron chi connectivity index (χ0n) is 23.2. The second kappa shape index (κ2) is 17.0. The maximum Gasteiger partial charge on any atom is 2.00 e. The smallest absolute Gasteiger partial charge is 0.753 e. The summed E-state index contributed by atoms with van der Waals surface area (Å²) in [7, 11) is 0. The Bertz CT molecular complexity index is 1950. The minimum atomic E-state index is -1.06. The second-order valence-corrected chi connectivity index (χ2v) is 8.92. The third-order valence-electron chi connectivity index (χ3n) is 6.16. The zero-order chi connectivity index (χ0) is 34.0. The molecule has 47 heavy (non-hydrogen) atoms. The fourth-order valence-electron chi connectivity index (χ4n) is 4.40. The molecule has 0 spiro atoms. The van der Waals surface area contributed by atoms with E-state index in [-0.39, 0.29) is 41.7 Å². The molecular weight excluding hydrogens is 738 g/mol. The number of aromatic carboxylic acids is 4. The average Bonchev–Trinajstić information content (AvgIpc) is 3.04. The Balaban J connectivity index is 0.000000275. The molecule has 0 amide bonds. The number of pyridine rings is 4. The van der Waals surface area contributed by atoms with E-state index < -0.39 is 23.9 Å². The fraction of sp³-hybridized carbons (Fsp3) is 0. The molecule has 234 valence electrons. The summed E-state index contributed by atoms with van der Waals surface area (Å²) in [5.74, 6) is -4.26. The van der Waals surface area contributed by atoms with E-state index in [0.29, 0.717) is 43.6 Å². The van der Waals surface area contributed by atoms with Crippen LogP contribution in [0.1, 0.15) is 41.4 Å². The van der Waals surface area contributed by atoms with Crippen LogP contribution in [0.3, 0.4) is 0 Å². The van der Waals surface area contributed by atoms with Crippen LogP contribution in [0, 0.1) is 0 Å². The van der Waals surface area contributed by atoms with Gasteiger partial charge in [0.1, 0.15) is 0 Å². The molecule has 0 radical (unpaired) electrons. The van der Waals surface area contributed by atoms with Gasteiger partial charge in [0.05, 0.1) is 44.3 Å². The summed E-state index contributed by atoms with van der Waals surface area (Å²) in [4.78, 5) is 61.3. The van der Waals surface area contributed by atoms with Gasteiger partial charge in [-0.3, -0.25) is 19.9 Å².